The number of benzene rings is 1. The van der Waals surface area contributed by atoms with Crippen molar-refractivity contribution in [3.63, 3.8) is 0 Å². The highest BCUT2D eigenvalue weighted by Gasteiger charge is 2.16. The molecule has 2 amide bonds. The molecular formula is C17H19N3O5. The van der Waals surface area contributed by atoms with Crippen LogP contribution >= 0.6 is 0 Å². The molecule has 0 fully saturated rings. The van der Waals surface area contributed by atoms with E-state index in [1.165, 1.54) is 27.5 Å². The number of aromatic nitrogens is 1. The van der Waals surface area contributed by atoms with Gasteiger partial charge in [0.2, 0.25) is 5.88 Å². The summed E-state index contributed by atoms with van der Waals surface area (Å²) in [5.41, 5.74) is 1.08. The number of anilines is 1. The number of nitrogens with zero attached hydrogens (tertiary/aromatic N) is 1. The van der Waals surface area contributed by atoms with Gasteiger partial charge in [-0.2, -0.15) is 0 Å². The highest BCUT2D eigenvalue weighted by Crippen LogP contribution is 2.27. The molecule has 2 N–H and O–H groups in total. The normalized spacial score (nSPS) is 9.88. The molecule has 0 unspecified atom stereocenters. The molecule has 0 atom stereocenters. The van der Waals surface area contributed by atoms with Gasteiger partial charge in [0.05, 0.1) is 21.3 Å². The summed E-state index contributed by atoms with van der Waals surface area (Å²) < 4.78 is 15.4. The Labute approximate surface area is 145 Å². The molecule has 0 radical (unpaired) electrons. The first kappa shape index (κ1) is 18.1. The van der Waals surface area contributed by atoms with Crippen LogP contribution < -0.4 is 24.8 Å². The summed E-state index contributed by atoms with van der Waals surface area (Å²) in [7, 11) is 4.49. The fourth-order valence-electron chi connectivity index (χ4n) is 2.08. The highest BCUT2D eigenvalue weighted by molar-refractivity contribution is 6.39. The van der Waals surface area contributed by atoms with Crippen LogP contribution in [0.1, 0.15) is 5.56 Å². The van der Waals surface area contributed by atoms with Crippen LogP contribution in [-0.2, 0) is 16.1 Å². The van der Waals surface area contributed by atoms with Crippen molar-refractivity contribution in [1.29, 1.82) is 0 Å². The number of rotatable bonds is 6. The summed E-state index contributed by atoms with van der Waals surface area (Å²) in [4.78, 5) is 27.9. The summed E-state index contributed by atoms with van der Waals surface area (Å²) in [5.74, 6) is -0.242. The largest absolute Gasteiger partial charge is 0.493 e. The average Bonchev–Trinajstić information content (AvgIpc) is 2.66. The molecule has 1 aromatic heterocycles. The number of hydrogen-bond acceptors (Lipinski definition) is 6. The molecule has 132 valence electrons. The Morgan fingerprint density at radius 2 is 1.76 bits per heavy atom. The van der Waals surface area contributed by atoms with Crippen molar-refractivity contribution in [1.82, 2.24) is 10.3 Å². The maximum Gasteiger partial charge on any atom is 0.313 e. The van der Waals surface area contributed by atoms with Crippen molar-refractivity contribution < 1.29 is 23.8 Å². The van der Waals surface area contributed by atoms with Crippen LogP contribution in [0.25, 0.3) is 0 Å². The van der Waals surface area contributed by atoms with Crippen LogP contribution in [0, 0.1) is 0 Å². The average molecular weight is 345 g/mol. The van der Waals surface area contributed by atoms with Crippen molar-refractivity contribution in [2.75, 3.05) is 26.6 Å². The van der Waals surface area contributed by atoms with Gasteiger partial charge in [0, 0.05) is 12.7 Å². The predicted octanol–water partition coefficient (Wildman–Crippen LogP) is 1.36. The van der Waals surface area contributed by atoms with E-state index in [1.807, 2.05) is 0 Å². The molecule has 1 heterocycles. The van der Waals surface area contributed by atoms with E-state index in [9.17, 15) is 9.59 Å². The van der Waals surface area contributed by atoms with Crippen LogP contribution in [0.15, 0.2) is 36.5 Å². The molecule has 0 aliphatic carbocycles. The van der Waals surface area contributed by atoms with Gasteiger partial charge < -0.3 is 24.8 Å². The Bertz CT molecular complexity index is 764. The van der Waals surface area contributed by atoms with E-state index in [1.54, 1.807) is 30.3 Å². The van der Waals surface area contributed by atoms with Crippen LogP contribution in [0.5, 0.6) is 17.4 Å². The molecule has 25 heavy (non-hydrogen) atoms. The molecule has 2 rings (SSSR count). The molecule has 8 heteroatoms. The Kier molecular flexibility index (Phi) is 6.16. The van der Waals surface area contributed by atoms with Crippen molar-refractivity contribution in [3.8, 4) is 17.4 Å². The summed E-state index contributed by atoms with van der Waals surface area (Å²) in [6.07, 6.45) is 1.52. The van der Waals surface area contributed by atoms with Gasteiger partial charge in [0.15, 0.2) is 11.5 Å². The number of methoxy groups -OCH3 is 3. The summed E-state index contributed by atoms with van der Waals surface area (Å²) in [6, 6.07) is 8.43. The van der Waals surface area contributed by atoms with Gasteiger partial charge in [-0.15, -0.1) is 0 Å². The SMILES string of the molecule is COc1ccc(CNC(=O)C(=O)Nc2cccnc2OC)cc1OC. The third-order valence-electron chi connectivity index (χ3n) is 3.32. The lowest BCUT2D eigenvalue weighted by Gasteiger charge is -2.11. The third-order valence-corrected chi connectivity index (χ3v) is 3.32. The van der Waals surface area contributed by atoms with E-state index in [0.717, 1.165) is 5.56 Å². The number of carbonyl (C=O) groups excluding carboxylic acids is 2. The fourth-order valence-corrected chi connectivity index (χ4v) is 2.08. The number of nitrogens with one attached hydrogen (secondary N) is 2. The molecule has 0 aliphatic heterocycles. The van der Waals surface area contributed by atoms with Crippen LogP contribution in [0.2, 0.25) is 0 Å². The highest BCUT2D eigenvalue weighted by atomic mass is 16.5. The molecule has 0 spiro atoms. The summed E-state index contributed by atoms with van der Waals surface area (Å²) in [5, 5.41) is 4.99. The maximum atomic E-state index is 12.0. The number of ether oxygens (including phenoxy) is 3. The van der Waals surface area contributed by atoms with E-state index >= 15 is 0 Å². The monoisotopic (exact) mass is 345 g/mol. The van der Waals surface area contributed by atoms with Gasteiger partial charge in [-0.1, -0.05) is 6.07 Å². The summed E-state index contributed by atoms with van der Waals surface area (Å²) >= 11 is 0. The van der Waals surface area contributed by atoms with E-state index in [-0.39, 0.29) is 12.4 Å². The topological polar surface area (TPSA) is 98.8 Å². The quantitative estimate of drug-likeness (QED) is 0.767. The summed E-state index contributed by atoms with van der Waals surface area (Å²) in [6.45, 7) is 0.163. The minimum atomic E-state index is -0.813. The molecule has 0 bridgehead atoms. The molecule has 1 aromatic carbocycles. The smallest absolute Gasteiger partial charge is 0.313 e. The second-order valence-electron chi connectivity index (χ2n) is 4.89. The van der Waals surface area contributed by atoms with E-state index < -0.39 is 11.8 Å². The van der Waals surface area contributed by atoms with Gasteiger partial charge in [-0.05, 0) is 29.8 Å². The Morgan fingerprint density at radius 3 is 2.44 bits per heavy atom. The molecule has 8 nitrogen and oxygen atoms in total. The van der Waals surface area contributed by atoms with Gasteiger partial charge in [-0.3, -0.25) is 9.59 Å². The minimum absolute atomic E-state index is 0.163. The lowest BCUT2D eigenvalue weighted by molar-refractivity contribution is -0.136. The number of pyridine rings is 1. The molecule has 0 aliphatic rings. The molecule has 2 aromatic rings. The van der Waals surface area contributed by atoms with E-state index in [2.05, 4.69) is 15.6 Å². The van der Waals surface area contributed by atoms with Crippen LogP contribution in [-0.4, -0.2) is 38.1 Å². The zero-order valence-electron chi connectivity index (χ0n) is 14.2. The Hall–Kier alpha value is -3.29. The van der Waals surface area contributed by atoms with Crippen molar-refractivity contribution in [3.05, 3.63) is 42.1 Å². The Balaban J connectivity index is 1.96. The predicted molar refractivity (Wildman–Crippen MR) is 90.8 cm³/mol. The van der Waals surface area contributed by atoms with Gasteiger partial charge >= 0.3 is 11.8 Å². The lowest BCUT2D eigenvalue weighted by atomic mass is 10.2. The Morgan fingerprint density at radius 1 is 1.00 bits per heavy atom. The number of amides is 2. The van der Waals surface area contributed by atoms with Gasteiger partial charge in [0.25, 0.3) is 0 Å². The van der Waals surface area contributed by atoms with Crippen molar-refractivity contribution >= 4 is 17.5 Å². The minimum Gasteiger partial charge on any atom is -0.493 e. The van der Waals surface area contributed by atoms with Crippen molar-refractivity contribution in [2.45, 2.75) is 6.54 Å². The number of hydrogen-bond donors (Lipinski definition) is 2. The fraction of sp³-hybridized carbons (Fsp3) is 0.235. The zero-order chi connectivity index (χ0) is 18.2. The molecule has 0 saturated heterocycles. The maximum absolute atomic E-state index is 12.0. The van der Waals surface area contributed by atoms with E-state index in [0.29, 0.717) is 17.2 Å². The first-order valence-electron chi connectivity index (χ1n) is 7.38. The zero-order valence-corrected chi connectivity index (χ0v) is 14.2. The third kappa shape index (κ3) is 4.60. The standard InChI is InChI=1S/C17H19N3O5/c1-23-13-7-6-11(9-14(13)24-2)10-19-15(21)16(22)20-12-5-4-8-18-17(12)25-3/h4-9H,10H2,1-3H3,(H,19,21)(H,20,22). The molecular weight excluding hydrogens is 326 g/mol. The van der Waals surface area contributed by atoms with Crippen LogP contribution in [0.4, 0.5) is 5.69 Å². The van der Waals surface area contributed by atoms with Crippen molar-refractivity contribution in [2.24, 2.45) is 0 Å². The second kappa shape index (κ2) is 8.53. The molecule has 0 saturated carbocycles. The second-order valence-corrected chi connectivity index (χ2v) is 4.89. The first-order chi connectivity index (χ1) is 12.1. The van der Waals surface area contributed by atoms with Gasteiger partial charge in [0.1, 0.15) is 5.69 Å². The van der Waals surface area contributed by atoms with E-state index in [4.69, 9.17) is 14.2 Å². The van der Waals surface area contributed by atoms with Crippen LogP contribution in [0.3, 0.4) is 0 Å². The first-order valence-corrected chi connectivity index (χ1v) is 7.38. The van der Waals surface area contributed by atoms with Gasteiger partial charge in [-0.25, -0.2) is 4.98 Å². The lowest BCUT2D eigenvalue weighted by Crippen LogP contribution is -2.35. The number of carbonyl (C=O) groups is 2.